The quantitative estimate of drug-likeness (QED) is 0.653. The molecule has 146 valence electrons. The Morgan fingerprint density at radius 1 is 1.36 bits per heavy atom. The Labute approximate surface area is 163 Å². The number of likely N-dealkylation sites (tertiary alicyclic amines) is 1. The van der Waals surface area contributed by atoms with E-state index in [0.29, 0.717) is 31.0 Å². The molecule has 28 heavy (non-hydrogen) atoms. The highest BCUT2D eigenvalue weighted by Gasteiger charge is 2.28. The van der Waals surface area contributed by atoms with Gasteiger partial charge in [-0.1, -0.05) is 5.16 Å². The minimum absolute atomic E-state index is 0.177. The average Bonchev–Trinajstić information content (AvgIpc) is 3.42. The number of hydrogen-bond donors (Lipinski definition) is 0. The largest absolute Gasteiger partial charge is 0.340 e. The molecule has 1 atom stereocenters. The van der Waals surface area contributed by atoms with Gasteiger partial charge in [-0.2, -0.15) is 10.1 Å². The maximum Gasteiger partial charge on any atom is 0.226 e. The van der Waals surface area contributed by atoms with Gasteiger partial charge in [0.15, 0.2) is 0 Å². The molecule has 8 heteroatoms. The van der Waals surface area contributed by atoms with Gasteiger partial charge in [-0.25, -0.2) is 0 Å². The SMILES string of the molecule is Cc1cc(C)n([C@H]2CCN(C(=O)CCCc3nc(-c4cccnc4)no3)C2)n1. The number of rotatable bonds is 6. The fourth-order valence-corrected chi connectivity index (χ4v) is 3.70. The molecule has 1 fully saturated rings. The maximum atomic E-state index is 12.6. The van der Waals surface area contributed by atoms with Crippen LogP contribution in [0.2, 0.25) is 0 Å². The summed E-state index contributed by atoms with van der Waals surface area (Å²) in [6.45, 7) is 5.58. The Morgan fingerprint density at radius 3 is 3.00 bits per heavy atom. The van der Waals surface area contributed by atoms with Gasteiger partial charge in [0.25, 0.3) is 0 Å². The Kier molecular flexibility index (Phi) is 5.18. The second kappa shape index (κ2) is 7.92. The molecule has 4 rings (SSSR count). The summed E-state index contributed by atoms with van der Waals surface area (Å²) in [7, 11) is 0. The molecular formula is C20H24N6O2. The van der Waals surface area contributed by atoms with Crippen LogP contribution in [0.3, 0.4) is 0 Å². The van der Waals surface area contributed by atoms with E-state index in [2.05, 4.69) is 37.9 Å². The second-order valence-corrected chi connectivity index (χ2v) is 7.26. The number of aryl methyl sites for hydroxylation is 3. The topological polar surface area (TPSA) is 89.9 Å². The zero-order valence-electron chi connectivity index (χ0n) is 16.2. The molecule has 0 aromatic carbocycles. The smallest absolute Gasteiger partial charge is 0.226 e. The minimum Gasteiger partial charge on any atom is -0.340 e. The standard InChI is InChI=1S/C20H24N6O2/c1-14-11-15(2)26(23-14)17-8-10-25(13-17)19(27)7-3-6-18-22-20(24-28-18)16-5-4-9-21-12-16/h4-5,9,11-12,17H,3,6-8,10,13H2,1-2H3/t17-/m0/s1. The van der Waals surface area contributed by atoms with Gasteiger partial charge in [0.1, 0.15) is 0 Å². The molecule has 1 aliphatic heterocycles. The molecule has 0 N–H and O–H groups in total. The second-order valence-electron chi connectivity index (χ2n) is 7.26. The first-order valence-electron chi connectivity index (χ1n) is 9.63. The molecule has 1 amide bonds. The van der Waals surface area contributed by atoms with Gasteiger partial charge in [0.2, 0.25) is 17.6 Å². The summed E-state index contributed by atoms with van der Waals surface area (Å²) in [4.78, 5) is 22.9. The lowest BCUT2D eigenvalue weighted by atomic mass is 10.2. The monoisotopic (exact) mass is 380 g/mol. The van der Waals surface area contributed by atoms with E-state index in [1.165, 1.54) is 0 Å². The normalized spacial score (nSPS) is 16.6. The van der Waals surface area contributed by atoms with Crippen LogP contribution in [0, 0.1) is 13.8 Å². The summed E-state index contributed by atoms with van der Waals surface area (Å²) in [5.41, 5.74) is 2.99. The van der Waals surface area contributed by atoms with Crippen LogP contribution in [0.4, 0.5) is 0 Å². The van der Waals surface area contributed by atoms with Gasteiger partial charge in [-0.15, -0.1) is 0 Å². The summed E-state index contributed by atoms with van der Waals surface area (Å²) < 4.78 is 7.35. The first-order chi connectivity index (χ1) is 13.6. The molecule has 0 bridgehead atoms. The molecule has 8 nitrogen and oxygen atoms in total. The van der Waals surface area contributed by atoms with Crippen LogP contribution in [0.25, 0.3) is 11.4 Å². The van der Waals surface area contributed by atoms with Crippen molar-refractivity contribution >= 4 is 5.91 Å². The van der Waals surface area contributed by atoms with Crippen LogP contribution in [0.15, 0.2) is 35.1 Å². The predicted molar refractivity (Wildman–Crippen MR) is 102 cm³/mol. The van der Waals surface area contributed by atoms with E-state index in [1.807, 2.05) is 24.0 Å². The molecule has 0 aliphatic carbocycles. The lowest BCUT2D eigenvalue weighted by Crippen LogP contribution is -2.29. The number of pyridine rings is 1. The van der Waals surface area contributed by atoms with Crippen molar-refractivity contribution < 1.29 is 9.32 Å². The Bertz CT molecular complexity index is 949. The molecule has 4 heterocycles. The highest BCUT2D eigenvalue weighted by atomic mass is 16.5. The Morgan fingerprint density at radius 2 is 2.25 bits per heavy atom. The molecule has 3 aromatic rings. The van der Waals surface area contributed by atoms with E-state index in [-0.39, 0.29) is 11.9 Å². The molecule has 0 unspecified atom stereocenters. The molecule has 1 saturated heterocycles. The Hall–Kier alpha value is -3.03. The molecule has 0 radical (unpaired) electrons. The fourth-order valence-electron chi connectivity index (χ4n) is 3.70. The number of amides is 1. The van der Waals surface area contributed by atoms with Gasteiger partial charge in [0, 0.05) is 49.6 Å². The number of nitrogens with zero attached hydrogens (tertiary/aromatic N) is 6. The Balaban J connectivity index is 1.26. The molecule has 3 aromatic heterocycles. The molecule has 0 spiro atoms. The third-order valence-electron chi connectivity index (χ3n) is 5.08. The van der Waals surface area contributed by atoms with Crippen LogP contribution in [-0.4, -0.2) is 48.8 Å². The first kappa shape index (κ1) is 18.3. The van der Waals surface area contributed by atoms with Crippen LogP contribution in [0.5, 0.6) is 0 Å². The number of carbonyl (C=O) groups excluding carboxylic acids is 1. The zero-order valence-corrected chi connectivity index (χ0v) is 16.2. The van der Waals surface area contributed by atoms with Gasteiger partial charge in [-0.05, 0) is 44.9 Å². The maximum absolute atomic E-state index is 12.6. The van der Waals surface area contributed by atoms with Crippen LogP contribution >= 0.6 is 0 Å². The summed E-state index contributed by atoms with van der Waals surface area (Å²) in [6.07, 6.45) is 6.11. The van der Waals surface area contributed by atoms with Crippen molar-refractivity contribution in [2.45, 2.75) is 45.6 Å². The van der Waals surface area contributed by atoms with Crippen molar-refractivity contribution in [2.24, 2.45) is 0 Å². The highest BCUT2D eigenvalue weighted by molar-refractivity contribution is 5.76. The number of hydrogen-bond acceptors (Lipinski definition) is 6. The first-order valence-corrected chi connectivity index (χ1v) is 9.63. The molecule has 0 saturated carbocycles. The van der Waals surface area contributed by atoms with Crippen molar-refractivity contribution in [3.63, 3.8) is 0 Å². The summed E-state index contributed by atoms with van der Waals surface area (Å²) in [5, 5.41) is 8.55. The fraction of sp³-hybridized carbons (Fsp3) is 0.450. The van der Waals surface area contributed by atoms with Crippen molar-refractivity contribution in [3.05, 3.63) is 47.9 Å². The lowest BCUT2D eigenvalue weighted by molar-refractivity contribution is -0.130. The van der Waals surface area contributed by atoms with Crippen molar-refractivity contribution in [2.75, 3.05) is 13.1 Å². The van der Waals surface area contributed by atoms with Crippen LogP contribution < -0.4 is 0 Å². The minimum atomic E-state index is 0.177. The van der Waals surface area contributed by atoms with Crippen molar-refractivity contribution in [1.29, 1.82) is 0 Å². The highest BCUT2D eigenvalue weighted by Crippen LogP contribution is 2.24. The van der Waals surface area contributed by atoms with E-state index >= 15 is 0 Å². The van der Waals surface area contributed by atoms with Crippen molar-refractivity contribution in [1.82, 2.24) is 29.8 Å². The van der Waals surface area contributed by atoms with Gasteiger partial charge >= 0.3 is 0 Å². The molecular weight excluding hydrogens is 356 g/mol. The van der Waals surface area contributed by atoms with E-state index in [9.17, 15) is 4.79 Å². The van der Waals surface area contributed by atoms with Gasteiger partial charge in [-0.3, -0.25) is 14.5 Å². The number of carbonyl (C=O) groups is 1. The van der Waals surface area contributed by atoms with Crippen LogP contribution in [0.1, 0.15) is 42.6 Å². The van der Waals surface area contributed by atoms with Gasteiger partial charge < -0.3 is 9.42 Å². The van der Waals surface area contributed by atoms with E-state index in [4.69, 9.17) is 4.52 Å². The number of aromatic nitrogens is 5. The van der Waals surface area contributed by atoms with E-state index < -0.39 is 0 Å². The van der Waals surface area contributed by atoms with Gasteiger partial charge in [0.05, 0.1) is 11.7 Å². The van der Waals surface area contributed by atoms with E-state index in [0.717, 1.165) is 36.5 Å². The summed E-state index contributed by atoms with van der Waals surface area (Å²) in [6, 6.07) is 6.07. The third-order valence-corrected chi connectivity index (χ3v) is 5.08. The summed E-state index contributed by atoms with van der Waals surface area (Å²) >= 11 is 0. The summed E-state index contributed by atoms with van der Waals surface area (Å²) in [5.74, 6) is 1.26. The van der Waals surface area contributed by atoms with E-state index in [1.54, 1.807) is 12.4 Å². The predicted octanol–water partition coefficient (Wildman–Crippen LogP) is 2.74. The lowest BCUT2D eigenvalue weighted by Gasteiger charge is -2.17. The zero-order chi connectivity index (χ0) is 19.5. The average molecular weight is 380 g/mol. The third kappa shape index (κ3) is 3.95. The van der Waals surface area contributed by atoms with Crippen molar-refractivity contribution in [3.8, 4) is 11.4 Å². The molecule has 1 aliphatic rings. The van der Waals surface area contributed by atoms with Crippen LogP contribution in [-0.2, 0) is 11.2 Å².